The number of aromatic hydroxyl groups is 1. The van der Waals surface area contributed by atoms with Gasteiger partial charge in [0.15, 0.2) is 0 Å². The van der Waals surface area contributed by atoms with E-state index in [0.29, 0.717) is 22.4 Å². The van der Waals surface area contributed by atoms with Gasteiger partial charge in [0.05, 0.1) is 18.9 Å². The number of nitrogens with zero attached hydrogens (tertiary/aromatic N) is 1. The van der Waals surface area contributed by atoms with Crippen molar-refractivity contribution in [3.8, 4) is 5.75 Å². The minimum Gasteiger partial charge on any atom is -0.508 e. The third-order valence-electron chi connectivity index (χ3n) is 8.41. The summed E-state index contributed by atoms with van der Waals surface area (Å²) in [5, 5.41) is 30.6. The number of phenols is 1. The molecule has 2 heterocycles. The van der Waals surface area contributed by atoms with Gasteiger partial charge in [-0.25, -0.2) is 9.78 Å². The summed E-state index contributed by atoms with van der Waals surface area (Å²) in [7, 11) is 0. The van der Waals surface area contributed by atoms with Crippen molar-refractivity contribution in [2.75, 3.05) is 6.54 Å². The number of aromatic amines is 2. The van der Waals surface area contributed by atoms with Crippen LogP contribution in [0.25, 0.3) is 10.9 Å². The first kappa shape index (κ1) is 36.8. The van der Waals surface area contributed by atoms with E-state index in [1.807, 2.05) is 24.3 Å². The average molecular weight is 709 g/mol. The number of rotatable bonds is 17. The standard InChI is InChI=1S/C37H40N8O7/c38-28(14-23-10-12-26(46)13-11-23)34(48)41-20-33(47)43-31(16-24-18-40-29-9-5-4-8-27(24)29)36(50)44-30(15-22-6-2-1-3-7-22)35(49)45-32(37(51)52)17-25-19-39-21-42-25/h1-13,18-19,21,28,30-32,40,46H,14-17,20,38H2,(H,39,42)(H,41,48)(H,43,47)(H,44,50)(H,45,49)(H,51,52)/t28-,30-,31-,32-/m0/s1. The molecule has 0 saturated carbocycles. The lowest BCUT2D eigenvalue weighted by Gasteiger charge is -2.25. The minimum absolute atomic E-state index is 0.0210. The number of carboxylic acid groups (broad SMARTS) is 1. The smallest absolute Gasteiger partial charge is 0.326 e. The highest BCUT2D eigenvalue weighted by Gasteiger charge is 2.31. The van der Waals surface area contributed by atoms with Gasteiger partial charge < -0.3 is 47.2 Å². The monoisotopic (exact) mass is 708 g/mol. The number of hydrogen-bond donors (Lipinski definition) is 9. The Morgan fingerprint density at radius 3 is 2.06 bits per heavy atom. The second-order valence-electron chi connectivity index (χ2n) is 12.3. The Morgan fingerprint density at radius 2 is 1.37 bits per heavy atom. The molecule has 4 atom stereocenters. The Kier molecular flexibility index (Phi) is 12.3. The van der Waals surface area contributed by atoms with Gasteiger partial charge in [-0.05, 0) is 41.3 Å². The normalized spacial score (nSPS) is 13.3. The maximum Gasteiger partial charge on any atom is 0.326 e. The summed E-state index contributed by atoms with van der Waals surface area (Å²) < 4.78 is 0. The summed E-state index contributed by atoms with van der Waals surface area (Å²) in [5.74, 6) is -3.92. The van der Waals surface area contributed by atoms with Gasteiger partial charge in [-0.15, -0.1) is 0 Å². The van der Waals surface area contributed by atoms with Crippen LogP contribution in [0.3, 0.4) is 0 Å². The van der Waals surface area contributed by atoms with Crippen LogP contribution in [-0.2, 0) is 49.7 Å². The SMILES string of the molecule is N[C@@H](Cc1ccc(O)cc1)C(=O)NCC(=O)N[C@@H](Cc1c[nH]c2ccccc12)C(=O)N[C@@H](Cc1ccccc1)C(=O)N[C@@H](Cc1cnc[nH]1)C(=O)O. The Balaban J connectivity index is 1.31. The lowest BCUT2D eigenvalue weighted by Crippen LogP contribution is -2.58. The first-order valence-electron chi connectivity index (χ1n) is 16.6. The van der Waals surface area contributed by atoms with E-state index in [0.717, 1.165) is 10.9 Å². The molecule has 3 aromatic carbocycles. The average Bonchev–Trinajstić information content (AvgIpc) is 3.81. The number of carbonyl (C=O) groups is 5. The molecule has 0 spiro atoms. The van der Waals surface area contributed by atoms with Crippen molar-refractivity contribution in [3.05, 3.63) is 120 Å². The van der Waals surface area contributed by atoms with Crippen LogP contribution < -0.4 is 27.0 Å². The molecule has 0 fully saturated rings. The fourth-order valence-electron chi connectivity index (χ4n) is 5.67. The maximum absolute atomic E-state index is 14.0. The predicted molar refractivity (Wildman–Crippen MR) is 191 cm³/mol. The van der Waals surface area contributed by atoms with E-state index in [1.165, 1.54) is 24.7 Å². The van der Waals surface area contributed by atoms with E-state index < -0.39 is 60.3 Å². The molecule has 0 aliphatic rings. The number of para-hydroxylation sites is 1. The van der Waals surface area contributed by atoms with Crippen LogP contribution in [-0.4, -0.2) is 85.5 Å². The Morgan fingerprint density at radius 1 is 0.712 bits per heavy atom. The van der Waals surface area contributed by atoms with E-state index >= 15 is 0 Å². The first-order chi connectivity index (χ1) is 25.0. The van der Waals surface area contributed by atoms with Crippen molar-refractivity contribution < 1.29 is 34.2 Å². The molecular formula is C37H40N8O7. The van der Waals surface area contributed by atoms with Gasteiger partial charge in [-0.1, -0.05) is 60.7 Å². The molecule has 0 aliphatic heterocycles. The van der Waals surface area contributed by atoms with Crippen molar-refractivity contribution in [1.29, 1.82) is 0 Å². The number of amides is 4. The lowest BCUT2D eigenvalue weighted by molar-refractivity contribution is -0.142. The summed E-state index contributed by atoms with van der Waals surface area (Å²) in [6, 6.07) is 17.8. The first-order valence-corrected chi connectivity index (χ1v) is 16.6. The van der Waals surface area contributed by atoms with Crippen LogP contribution in [0.4, 0.5) is 0 Å². The molecule has 15 heteroatoms. The number of H-pyrrole nitrogens is 2. The predicted octanol–water partition coefficient (Wildman–Crippen LogP) is 0.850. The third-order valence-corrected chi connectivity index (χ3v) is 8.41. The molecule has 0 aliphatic carbocycles. The van der Waals surface area contributed by atoms with E-state index in [4.69, 9.17) is 5.73 Å². The van der Waals surface area contributed by atoms with Gasteiger partial charge in [-0.3, -0.25) is 19.2 Å². The topological polar surface area (TPSA) is 244 Å². The summed E-state index contributed by atoms with van der Waals surface area (Å²) in [6.07, 6.45) is 4.71. The molecule has 0 unspecified atom stereocenters. The Hall–Kier alpha value is -6.48. The molecule has 0 radical (unpaired) electrons. The van der Waals surface area contributed by atoms with Crippen LogP contribution in [0.15, 0.2) is 97.6 Å². The van der Waals surface area contributed by atoms with E-state index in [9.17, 15) is 34.2 Å². The number of nitrogens with two attached hydrogens (primary N) is 1. The third kappa shape index (κ3) is 10.3. The van der Waals surface area contributed by atoms with E-state index in [2.05, 4.69) is 36.2 Å². The van der Waals surface area contributed by atoms with Gasteiger partial charge in [0.25, 0.3) is 0 Å². The summed E-state index contributed by atoms with van der Waals surface area (Å²) >= 11 is 0. The number of nitrogens with one attached hydrogen (secondary N) is 6. The van der Waals surface area contributed by atoms with E-state index in [1.54, 1.807) is 48.7 Å². The summed E-state index contributed by atoms with van der Waals surface area (Å²) in [6.45, 7) is -0.485. The van der Waals surface area contributed by atoms with Crippen LogP contribution in [0.2, 0.25) is 0 Å². The maximum atomic E-state index is 14.0. The molecule has 5 aromatic rings. The molecule has 2 aromatic heterocycles. The van der Waals surface area contributed by atoms with Crippen molar-refractivity contribution >= 4 is 40.5 Å². The number of aromatic nitrogens is 3. The zero-order valence-electron chi connectivity index (χ0n) is 28.0. The number of imidazole rings is 1. The highest BCUT2D eigenvalue weighted by Crippen LogP contribution is 2.19. The molecule has 270 valence electrons. The minimum atomic E-state index is -1.33. The highest BCUT2D eigenvalue weighted by atomic mass is 16.4. The Labute approximate surface area is 298 Å². The van der Waals surface area contributed by atoms with Crippen molar-refractivity contribution in [2.24, 2.45) is 5.73 Å². The van der Waals surface area contributed by atoms with Gasteiger partial charge in [0, 0.05) is 48.3 Å². The molecule has 15 nitrogen and oxygen atoms in total. The lowest BCUT2D eigenvalue weighted by atomic mass is 10.0. The van der Waals surface area contributed by atoms with Crippen LogP contribution in [0.5, 0.6) is 5.75 Å². The summed E-state index contributed by atoms with van der Waals surface area (Å²) in [4.78, 5) is 75.6. The summed E-state index contributed by atoms with van der Waals surface area (Å²) in [5.41, 5.74) is 9.49. The number of benzene rings is 3. The molecule has 0 saturated heterocycles. The number of aliphatic carboxylic acids is 1. The molecule has 0 bridgehead atoms. The van der Waals surface area contributed by atoms with Gasteiger partial charge in [0.1, 0.15) is 23.9 Å². The fraction of sp³-hybridized carbons (Fsp3) is 0.243. The zero-order valence-corrected chi connectivity index (χ0v) is 28.0. The number of carbonyl (C=O) groups excluding carboxylic acids is 4. The van der Waals surface area contributed by atoms with Crippen molar-refractivity contribution in [2.45, 2.75) is 49.9 Å². The number of carboxylic acids is 1. The van der Waals surface area contributed by atoms with Crippen LogP contribution in [0, 0.1) is 0 Å². The Bertz CT molecular complexity index is 1980. The number of fused-ring (bicyclic) bond motifs is 1. The van der Waals surface area contributed by atoms with E-state index in [-0.39, 0.29) is 31.4 Å². The molecule has 10 N–H and O–H groups in total. The largest absolute Gasteiger partial charge is 0.508 e. The second kappa shape index (κ2) is 17.4. The fourth-order valence-corrected chi connectivity index (χ4v) is 5.67. The molecule has 4 amide bonds. The molecule has 5 rings (SSSR count). The number of phenolic OH excluding ortho intramolecular Hbond substituents is 1. The van der Waals surface area contributed by atoms with Gasteiger partial charge >= 0.3 is 5.97 Å². The van der Waals surface area contributed by atoms with Crippen molar-refractivity contribution in [3.63, 3.8) is 0 Å². The van der Waals surface area contributed by atoms with Crippen LogP contribution >= 0.6 is 0 Å². The second-order valence-corrected chi connectivity index (χ2v) is 12.3. The molecule has 52 heavy (non-hydrogen) atoms. The van der Waals surface area contributed by atoms with Gasteiger partial charge in [0.2, 0.25) is 23.6 Å². The highest BCUT2D eigenvalue weighted by molar-refractivity contribution is 5.95. The zero-order chi connectivity index (χ0) is 37.0. The van der Waals surface area contributed by atoms with Crippen LogP contribution in [0.1, 0.15) is 22.4 Å². The molecular weight excluding hydrogens is 668 g/mol. The van der Waals surface area contributed by atoms with Crippen molar-refractivity contribution in [1.82, 2.24) is 36.2 Å². The quantitative estimate of drug-likeness (QED) is 0.0664. The van der Waals surface area contributed by atoms with Gasteiger partial charge in [-0.2, -0.15) is 0 Å². The number of hydrogen-bond acceptors (Lipinski definition) is 8.